The number of nitrogens with one attached hydrogen (secondary N) is 1. The van der Waals surface area contributed by atoms with E-state index in [4.69, 9.17) is 0 Å². The van der Waals surface area contributed by atoms with Crippen LogP contribution in [0.2, 0.25) is 0 Å². The molecule has 0 bridgehead atoms. The standard InChI is InChI=1S/C16H35N3/c1-5-17-15(3)10-7-8-12-18(4)14-16-11-9-13-19(16)6-2/h15-17H,5-14H2,1-4H3. The Labute approximate surface area is 120 Å². The summed E-state index contributed by atoms with van der Waals surface area (Å²) in [6.45, 7) is 12.9. The Bertz CT molecular complexity index is 220. The zero-order chi connectivity index (χ0) is 14.1. The fourth-order valence-electron chi connectivity index (χ4n) is 3.25. The molecule has 0 aromatic heterocycles. The van der Waals surface area contributed by atoms with Gasteiger partial charge in [-0.3, -0.25) is 4.90 Å². The Kier molecular flexibility index (Phi) is 8.67. The van der Waals surface area contributed by atoms with E-state index in [0.29, 0.717) is 6.04 Å². The lowest BCUT2D eigenvalue weighted by molar-refractivity contribution is 0.196. The maximum Gasteiger partial charge on any atom is 0.0223 e. The highest BCUT2D eigenvalue weighted by molar-refractivity contribution is 4.80. The van der Waals surface area contributed by atoms with Crippen molar-refractivity contribution in [1.29, 1.82) is 0 Å². The quantitative estimate of drug-likeness (QED) is 0.615. The highest BCUT2D eigenvalue weighted by Gasteiger charge is 2.23. The first-order chi connectivity index (χ1) is 9.17. The van der Waals surface area contributed by atoms with E-state index in [9.17, 15) is 0 Å². The van der Waals surface area contributed by atoms with Crippen molar-refractivity contribution in [3.8, 4) is 0 Å². The second-order valence-electron chi connectivity index (χ2n) is 6.14. The minimum atomic E-state index is 0.681. The number of hydrogen-bond acceptors (Lipinski definition) is 3. The second kappa shape index (κ2) is 9.73. The Balaban J connectivity index is 2.06. The van der Waals surface area contributed by atoms with Crippen LogP contribution in [0.5, 0.6) is 0 Å². The fraction of sp³-hybridized carbons (Fsp3) is 1.00. The van der Waals surface area contributed by atoms with Crippen molar-refractivity contribution in [2.45, 2.75) is 65.0 Å². The van der Waals surface area contributed by atoms with Crippen molar-refractivity contribution >= 4 is 0 Å². The molecule has 0 saturated carbocycles. The van der Waals surface area contributed by atoms with Crippen molar-refractivity contribution in [1.82, 2.24) is 15.1 Å². The topological polar surface area (TPSA) is 18.5 Å². The molecular weight excluding hydrogens is 234 g/mol. The van der Waals surface area contributed by atoms with Gasteiger partial charge in [-0.2, -0.15) is 0 Å². The molecule has 1 rings (SSSR count). The van der Waals surface area contributed by atoms with Gasteiger partial charge in [0.25, 0.3) is 0 Å². The molecule has 3 nitrogen and oxygen atoms in total. The summed E-state index contributed by atoms with van der Waals surface area (Å²) in [5.74, 6) is 0. The van der Waals surface area contributed by atoms with Gasteiger partial charge in [0.1, 0.15) is 0 Å². The summed E-state index contributed by atoms with van der Waals surface area (Å²) in [5.41, 5.74) is 0. The van der Waals surface area contributed by atoms with Gasteiger partial charge >= 0.3 is 0 Å². The number of rotatable bonds is 10. The summed E-state index contributed by atoms with van der Waals surface area (Å²) in [7, 11) is 2.29. The molecule has 2 atom stereocenters. The van der Waals surface area contributed by atoms with Gasteiger partial charge in [-0.1, -0.05) is 20.3 Å². The predicted octanol–water partition coefficient (Wildman–Crippen LogP) is 2.57. The van der Waals surface area contributed by atoms with Crippen LogP contribution in [0.3, 0.4) is 0 Å². The first-order valence-corrected chi connectivity index (χ1v) is 8.33. The molecule has 0 aromatic carbocycles. The van der Waals surface area contributed by atoms with Crippen LogP contribution >= 0.6 is 0 Å². The van der Waals surface area contributed by atoms with E-state index in [-0.39, 0.29) is 0 Å². The van der Waals surface area contributed by atoms with Crippen LogP contribution in [0.25, 0.3) is 0 Å². The Morgan fingerprint density at radius 3 is 2.79 bits per heavy atom. The van der Waals surface area contributed by atoms with Crippen LogP contribution in [0.4, 0.5) is 0 Å². The molecule has 0 aromatic rings. The largest absolute Gasteiger partial charge is 0.315 e. The molecule has 0 aliphatic carbocycles. The number of likely N-dealkylation sites (tertiary alicyclic amines) is 1. The van der Waals surface area contributed by atoms with E-state index in [1.54, 1.807) is 0 Å². The minimum Gasteiger partial charge on any atom is -0.315 e. The van der Waals surface area contributed by atoms with Gasteiger partial charge in [-0.25, -0.2) is 0 Å². The lowest BCUT2D eigenvalue weighted by Gasteiger charge is -2.27. The van der Waals surface area contributed by atoms with E-state index in [1.165, 1.54) is 58.3 Å². The molecule has 0 amide bonds. The van der Waals surface area contributed by atoms with Crippen molar-refractivity contribution in [2.24, 2.45) is 0 Å². The SMILES string of the molecule is CCNC(C)CCCCN(C)CC1CCCN1CC. The third kappa shape index (κ3) is 6.73. The first-order valence-electron chi connectivity index (χ1n) is 8.33. The molecule has 0 radical (unpaired) electrons. The smallest absolute Gasteiger partial charge is 0.0223 e. The van der Waals surface area contributed by atoms with Gasteiger partial charge in [0.05, 0.1) is 0 Å². The highest BCUT2D eigenvalue weighted by atomic mass is 15.2. The van der Waals surface area contributed by atoms with Crippen LogP contribution in [0.1, 0.15) is 52.9 Å². The fourth-order valence-corrected chi connectivity index (χ4v) is 3.25. The number of hydrogen-bond donors (Lipinski definition) is 1. The number of unbranched alkanes of at least 4 members (excludes halogenated alkanes) is 1. The van der Waals surface area contributed by atoms with Crippen LogP contribution in [-0.2, 0) is 0 Å². The first kappa shape index (κ1) is 16.9. The van der Waals surface area contributed by atoms with E-state index in [0.717, 1.165) is 12.6 Å². The maximum absolute atomic E-state index is 3.49. The average Bonchev–Trinajstić information content (AvgIpc) is 2.82. The molecule has 1 aliphatic heterocycles. The third-order valence-electron chi connectivity index (χ3n) is 4.41. The van der Waals surface area contributed by atoms with Gasteiger partial charge in [-0.15, -0.1) is 0 Å². The molecule has 1 saturated heterocycles. The molecular formula is C16H35N3. The lowest BCUT2D eigenvalue weighted by atomic mass is 10.1. The Morgan fingerprint density at radius 2 is 2.11 bits per heavy atom. The molecule has 2 unspecified atom stereocenters. The Hall–Kier alpha value is -0.120. The third-order valence-corrected chi connectivity index (χ3v) is 4.41. The number of nitrogens with zero attached hydrogens (tertiary/aromatic N) is 2. The zero-order valence-electron chi connectivity index (χ0n) is 13.6. The molecule has 0 spiro atoms. The van der Waals surface area contributed by atoms with Crippen LogP contribution < -0.4 is 5.32 Å². The van der Waals surface area contributed by atoms with E-state index in [1.807, 2.05) is 0 Å². The second-order valence-corrected chi connectivity index (χ2v) is 6.14. The molecule has 19 heavy (non-hydrogen) atoms. The summed E-state index contributed by atoms with van der Waals surface area (Å²) in [6.07, 6.45) is 6.79. The maximum atomic E-state index is 3.49. The number of likely N-dealkylation sites (N-methyl/N-ethyl adjacent to an activating group) is 2. The van der Waals surface area contributed by atoms with Crippen molar-refractivity contribution in [2.75, 3.05) is 39.8 Å². The average molecular weight is 269 g/mol. The molecule has 1 aliphatic rings. The van der Waals surface area contributed by atoms with Crippen LogP contribution in [-0.4, -0.2) is 61.7 Å². The van der Waals surface area contributed by atoms with Crippen molar-refractivity contribution < 1.29 is 0 Å². The van der Waals surface area contributed by atoms with Gasteiger partial charge < -0.3 is 10.2 Å². The normalized spacial score (nSPS) is 22.3. The van der Waals surface area contributed by atoms with Crippen molar-refractivity contribution in [3.63, 3.8) is 0 Å². The predicted molar refractivity (Wildman–Crippen MR) is 84.8 cm³/mol. The highest BCUT2D eigenvalue weighted by Crippen LogP contribution is 2.17. The molecule has 114 valence electrons. The molecule has 1 N–H and O–H groups in total. The monoisotopic (exact) mass is 269 g/mol. The summed E-state index contributed by atoms with van der Waals surface area (Å²) >= 11 is 0. The molecule has 1 heterocycles. The van der Waals surface area contributed by atoms with Gasteiger partial charge in [-0.05, 0) is 65.8 Å². The van der Waals surface area contributed by atoms with Gasteiger partial charge in [0, 0.05) is 18.6 Å². The van der Waals surface area contributed by atoms with Gasteiger partial charge in [0.2, 0.25) is 0 Å². The molecule has 1 fully saturated rings. The summed E-state index contributed by atoms with van der Waals surface area (Å²) in [6, 6.07) is 1.50. The minimum absolute atomic E-state index is 0.681. The lowest BCUT2D eigenvalue weighted by Crippen LogP contribution is -2.39. The summed E-state index contributed by atoms with van der Waals surface area (Å²) in [4.78, 5) is 5.18. The van der Waals surface area contributed by atoms with E-state index in [2.05, 4.69) is 42.9 Å². The summed E-state index contributed by atoms with van der Waals surface area (Å²) in [5, 5.41) is 3.49. The Morgan fingerprint density at radius 1 is 1.32 bits per heavy atom. The van der Waals surface area contributed by atoms with Gasteiger partial charge in [0.15, 0.2) is 0 Å². The summed E-state index contributed by atoms with van der Waals surface area (Å²) < 4.78 is 0. The van der Waals surface area contributed by atoms with Crippen LogP contribution in [0, 0.1) is 0 Å². The van der Waals surface area contributed by atoms with E-state index >= 15 is 0 Å². The zero-order valence-corrected chi connectivity index (χ0v) is 13.6. The van der Waals surface area contributed by atoms with Crippen LogP contribution in [0.15, 0.2) is 0 Å². The van der Waals surface area contributed by atoms with Crippen molar-refractivity contribution in [3.05, 3.63) is 0 Å². The van der Waals surface area contributed by atoms with E-state index < -0.39 is 0 Å². The molecule has 3 heteroatoms.